The van der Waals surface area contributed by atoms with Crippen LogP contribution in [0.1, 0.15) is 22.3 Å². The molecule has 7 nitrogen and oxygen atoms in total. The van der Waals surface area contributed by atoms with Crippen molar-refractivity contribution in [2.75, 3.05) is 38.2 Å². The van der Waals surface area contributed by atoms with E-state index in [-0.39, 0.29) is 18.2 Å². The van der Waals surface area contributed by atoms with Crippen molar-refractivity contribution in [2.45, 2.75) is 19.0 Å². The fourth-order valence-corrected chi connectivity index (χ4v) is 4.11. The molecule has 0 aliphatic carbocycles. The topological polar surface area (TPSA) is 70.2 Å². The Labute approximate surface area is 175 Å². The maximum absolute atomic E-state index is 13.0. The van der Waals surface area contributed by atoms with Crippen LogP contribution in [0.2, 0.25) is 0 Å². The van der Waals surface area contributed by atoms with E-state index in [1.165, 1.54) is 17.6 Å². The van der Waals surface area contributed by atoms with Crippen molar-refractivity contribution in [1.82, 2.24) is 9.80 Å². The molecule has 2 saturated heterocycles. The van der Waals surface area contributed by atoms with Crippen LogP contribution in [0.15, 0.2) is 54.6 Å². The Balaban J connectivity index is 1.38. The molecule has 2 aromatic rings. The highest BCUT2D eigenvalue weighted by atomic mass is 16.5. The summed E-state index contributed by atoms with van der Waals surface area (Å²) in [5, 5.41) is 0. The van der Waals surface area contributed by atoms with Crippen molar-refractivity contribution < 1.29 is 19.1 Å². The second-order valence-electron chi connectivity index (χ2n) is 7.62. The third-order valence-corrected chi connectivity index (χ3v) is 5.77. The first-order chi connectivity index (χ1) is 14.6. The lowest BCUT2D eigenvalue weighted by Gasteiger charge is -2.37. The largest absolute Gasteiger partial charge is 0.465 e. The summed E-state index contributed by atoms with van der Waals surface area (Å²) < 4.78 is 4.69. The van der Waals surface area contributed by atoms with Gasteiger partial charge in [0.1, 0.15) is 0 Å². The second kappa shape index (κ2) is 8.77. The predicted molar refractivity (Wildman–Crippen MR) is 112 cm³/mol. The molecule has 2 heterocycles. The smallest absolute Gasteiger partial charge is 0.337 e. The van der Waals surface area contributed by atoms with Crippen molar-refractivity contribution in [3.63, 3.8) is 0 Å². The van der Waals surface area contributed by atoms with Gasteiger partial charge in [-0.1, -0.05) is 30.3 Å². The highest BCUT2D eigenvalue weighted by Crippen LogP contribution is 2.27. The van der Waals surface area contributed by atoms with Crippen LogP contribution < -0.4 is 4.90 Å². The summed E-state index contributed by atoms with van der Waals surface area (Å²) in [5.74, 6) is -0.850. The molecule has 2 aliphatic heterocycles. The Bertz CT molecular complexity index is 921. The van der Waals surface area contributed by atoms with Crippen LogP contribution in [-0.4, -0.2) is 66.9 Å². The maximum Gasteiger partial charge on any atom is 0.337 e. The van der Waals surface area contributed by atoms with Gasteiger partial charge in [-0.15, -0.1) is 0 Å². The standard InChI is InChI=1S/C23H25N3O4/c1-30-23(29)18-7-9-19(10-8-18)26-21(27)15-20(22(26)28)25-13-11-24(12-14-25)16-17-5-3-2-4-6-17/h2-10,20H,11-16H2,1H3/t20-/m0/s1. The minimum absolute atomic E-state index is 0.191. The zero-order valence-corrected chi connectivity index (χ0v) is 17.0. The highest BCUT2D eigenvalue weighted by molar-refractivity contribution is 6.22. The molecule has 156 valence electrons. The van der Waals surface area contributed by atoms with E-state index < -0.39 is 12.0 Å². The maximum atomic E-state index is 13.0. The first-order valence-corrected chi connectivity index (χ1v) is 10.1. The number of ether oxygens (including phenoxy) is 1. The van der Waals surface area contributed by atoms with E-state index in [0.29, 0.717) is 11.3 Å². The van der Waals surface area contributed by atoms with E-state index in [9.17, 15) is 14.4 Å². The number of benzene rings is 2. The number of methoxy groups -OCH3 is 1. The third-order valence-electron chi connectivity index (χ3n) is 5.77. The molecule has 0 radical (unpaired) electrons. The van der Waals surface area contributed by atoms with Crippen molar-refractivity contribution in [1.29, 1.82) is 0 Å². The molecule has 0 bridgehead atoms. The molecule has 30 heavy (non-hydrogen) atoms. The fourth-order valence-electron chi connectivity index (χ4n) is 4.11. The molecule has 4 rings (SSSR count). The first kappa shape index (κ1) is 20.3. The molecule has 2 amide bonds. The molecular formula is C23H25N3O4. The number of amides is 2. The molecular weight excluding hydrogens is 382 g/mol. The van der Waals surface area contributed by atoms with Crippen LogP contribution >= 0.6 is 0 Å². The number of piperazine rings is 1. The fraction of sp³-hybridized carbons (Fsp3) is 0.348. The number of rotatable bonds is 5. The Morgan fingerprint density at radius 2 is 1.63 bits per heavy atom. The second-order valence-corrected chi connectivity index (χ2v) is 7.62. The first-order valence-electron chi connectivity index (χ1n) is 10.1. The summed E-state index contributed by atoms with van der Waals surface area (Å²) in [6.45, 7) is 4.13. The van der Waals surface area contributed by atoms with Crippen LogP contribution in [0.25, 0.3) is 0 Å². The number of nitrogens with zero attached hydrogens (tertiary/aromatic N) is 3. The SMILES string of the molecule is COC(=O)c1ccc(N2C(=O)C[C@H](N3CCN(Cc4ccccc4)CC3)C2=O)cc1. The number of carbonyl (C=O) groups excluding carboxylic acids is 3. The Morgan fingerprint density at radius 1 is 0.967 bits per heavy atom. The summed E-state index contributed by atoms with van der Waals surface area (Å²) >= 11 is 0. The van der Waals surface area contributed by atoms with Gasteiger partial charge in [-0.05, 0) is 29.8 Å². The Kier molecular flexibility index (Phi) is 5.92. The minimum atomic E-state index is -0.452. The quantitative estimate of drug-likeness (QED) is 0.557. The third kappa shape index (κ3) is 4.13. The zero-order chi connectivity index (χ0) is 21.1. The summed E-state index contributed by atoms with van der Waals surface area (Å²) in [6, 6.07) is 16.3. The van der Waals surface area contributed by atoms with E-state index in [1.807, 2.05) is 18.2 Å². The summed E-state index contributed by atoms with van der Waals surface area (Å²) in [5.41, 5.74) is 2.15. The van der Waals surface area contributed by atoms with Gasteiger partial charge in [-0.3, -0.25) is 19.4 Å². The monoisotopic (exact) mass is 407 g/mol. The number of imide groups is 1. The van der Waals surface area contributed by atoms with Crippen LogP contribution in [0.3, 0.4) is 0 Å². The number of esters is 1. The average molecular weight is 407 g/mol. The summed E-state index contributed by atoms with van der Waals surface area (Å²) in [4.78, 5) is 42.9. The normalized spacial score (nSPS) is 20.6. The molecule has 7 heteroatoms. The molecule has 2 aliphatic rings. The molecule has 2 fully saturated rings. The minimum Gasteiger partial charge on any atom is -0.465 e. The van der Waals surface area contributed by atoms with Crippen molar-refractivity contribution >= 4 is 23.5 Å². The van der Waals surface area contributed by atoms with Crippen LogP contribution in [-0.2, 0) is 20.9 Å². The van der Waals surface area contributed by atoms with Crippen molar-refractivity contribution in [2.24, 2.45) is 0 Å². The lowest BCUT2D eigenvalue weighted by Crippen LogP contribution is -2.52. The van der Waals surface area contributed by atoms with Gasteiger partial charge >= 0.3 is 5.97 Å². The Morgan fingerprint density at radius 3 is 2.27 bits per heavy atom. The van der Waals surface area contributed by atoms with Gasteiger partial charge in [0.15, 0.2) is 0 Å². The van der Waals surface area contributed by atoms with Crippen LogP contribution in [0, 0.1) is 0 Å². The lowest BCUT2D eigenvalue weighted by atomic mass is 10.1. The molecule has 0 spiro atoms. The van der Waals surface area contributed by atoms with E-state index in [0.717, 1.165) is 32.7 Å². The van der Waals surface area contributed by atoms with E-state index in [4.69, 9.17) is 0 Å². The van der Waals surface area contributed by atoms with Gasteiger partial charge in [-0.25, -0.2) is 9.69 Å². The van der Waals surface area contributed by atoms with Gasteiger partial charge in [0.2, 0.25) is 5.91 Å². The molecule has 0 unspecified atom stereocenters. The average Bonchev–Trinajstić information content (AvgIpc) is 3.08. The summed E-state index contributed by atoms with van der Waals surface area (Å²) in [7, 11) is 1.31. The molecule has 0 saturated carbocycles. The summed E-state index contributed by atoms with van der Waals surface area (Å²) in [6.07, 6.45) is 0.191. The molecule has 2 aromatic carbocycles. The van der Waals surface area contributed by atoms with Gasteiger partial charge in [0.05, 0.1) is 30.8 Å². The number of hydrogen-bond acceptors (Lipinski definition) is 6. The van der Waals surface area contributed by atoms with Crippen molar-refractivity contribution in [3.05, 3.63) is 65.7 Å². The van der Waals surface area contributed by atoms with Gasteiger partial charge < -0.3 is 4.74 Å². The number of carbonyl (C=O) groups is 3. The van der Waals surface area contributed by atoms with Crippen LogP contribution in [0.4, 0.5) is 5.69 Å². The highest BCUT2D eigenvalue weighted by Gasteiger charge is 2.43. The zero-order valence-electron chi connectivity index (χ0n) is 17.0. The Hall–Kier alpha value is -3.03. The van der Waals surface area contributed by atoms with Crippen LogP contribution in [0.5, 0.6) is 0 Å². The predicted octanol–water partition coefficient (Wildman–Crippen LogP) is 1.92. The van der Waals surface area contributed by atoms with E-state index >= 15 is 0 Å². The van der Waals surface area contributed by atoms with Crippen molar-refractivity contribution in [3.8, 4) is 0 Å². The molecule has 0 N–H and O–H groups in total. The molecule has 0 aromatic heterocycles. The number of hydrogen-bond donors (Lipinski definition) is 0. The van der Waals surface area contributed by atoms with Gasteiger partial charge in [-0.2, -0.15) is 0 Å². The van der Waals surface area contributed by atoms with E-state index in [2.05, 4.69) is 26.7 Å². The van der Waals surface area contributed by atoms with E-state index in [1.54, 1.807) is 24.3 Å². The lowest BCUT2D eigenvalue weighted by molar-refractivity contribution is -0.123. The van der Waals surface area contributed by atoms with Gasteiger partial charge in [0, 0.05) is 32.7 Å². The molecule has 1 atom stereocenters. The van der Waals surface area contributed by atoms with Gasteiger partial charge in [0.25, 0.3) is 5.91 Å². The number of anilines is 1.